The van der Waals surface area contributed by atoms with Crippen LogP contribution in [0.2, 0.25) is 0 Å². The minimum Gasteiger partial charge on any atom is -0.374 e. The summed E-state index contributed by atoms with van der Waals surface area (Å²) in [5.74, 6) is 1.19. The summed E-state index contributed by atoms with van der Waals surface area (Å²) in [5.41, 5.74) is 2.30. The Kier molecular flexibility index (Phi) is 4.05. The summed E-state index contributed by atoms with van der Waals surface area (Å²) < 4.78 is 0. The van der Waals surface area contributed by atoms with Gasteiger partial charge in [0, 0.05) is 37.2 Å². The van der Waals surface area contributed by atoms with Crippen LogP contribution in [0.1, 0.15) is 13.3 Å². The first-order chi connectivity index (χ1) is 9.02. The van der Waals surface area contributed by atoms with Crippen molar-refractivity contribution in [2.24, 2.45) is 10.9 Å². The lowest BCUT2D eigenvalue weighted by atomic mass is 9.76. The van der Waals surface area contributed by atoms with Gasteiger partial charge in [-0.2, -0.15) is 0 Å². The molecule has 2 aliphatic rings. The normalized spacial score (nSPS) is 32.2. The number of likely N-dealkylation sites (N-methyl/N-ethyl adjacent to an activating group) is 1. The van der Waals surface area contributed by atoms with Crippen molar-refractivity contribution in [1.29, 1.82) is 0 Å². The fraction of sp³-hybridized carbons (Fsp3) is 0.438. The Bertz CT molecular complexity index is 470. The number of allylic oxidation sites excluding steroid dienone is 2. The zero-order chi connectivity index (χ0) is 14.0. The molecule has 0 aromatic rings. The molecule has 3 unspecified atom stereocenters. The first-order valence-electron chi connectivity index (χ1n) is 6.71. The predicted molar refractivity (Wildman–Crippen MR) is 82.2 cm³/mol. The molecule has 0 spiro atoms. The van der Waals surface area contributed by atoms with Crippen molar-refractivity contribution in [3.8, 4) is 0 Å². The van der Waals surface area contributed by atoms with Gasteiger partial charge in [-0.05, 0) is 14.0 Å². The quantitative estimate of drug-likeness (QED) is 0.619. The van der Waals surface area contributed by atoms with E-state index in [1.165, 1.54) is 5.71 Å². The summed E-state index contributed by atoms with van der Waals surface area (Å²) in [7, 11) is 4.03. The number of nitrogens with zero attached hydrogens (tertiary/aromatic N) is 2. The number of aliphatic imine (C=N–C) groups is 1. The zero-order valence-electron chi connectivity index (χ0n) is 12.1. The highest BCUT2D eigenvalue weighted by atomic mass is 15.2. The third-order valence-electron chi connectivity index (χ3n) is 3.85. The third kappa shape index (κ3) is 2.87. The Morgan fingerprint density at radius 1 is 1.47 bits per heavy atom. The van der Waals surface area contributed by atoms with E-state index in [4.69, 9.17) is 0 Å². The monoisotopic (exact) mass is 257 g/mol. The molecule has 1 heterocycles. The average Bonchev–Trinajstić information content (AvgIpc) is 2.30. The summed E-state index contributed by atoms with van der Waals surface area (Å²) in [6.45, 7) is 9.84. The van der Waals surface area contributed by atoms with Crippen LogP contribution < -0.4 is 5.32 Å². The van der Waals surface area contributed by atoms with Crippen LogP contribution >= 0.6 is 0 Å². The highest BCUT2D eigenvalue weighted by molar-refractivity contribution is 5.92. The van der Waals surface area contributed by atoms with Crippen LogP contribution in [0.25, 0.3) is 0 Å². The SMILES string of the molecule is C=C(C)/C=C\C1CC(=NC(=C)NC)C2C=CC2N1C. The van der Waals surface area contributed by atoms with Gasteiger partial charge in [0.15, 0.2) is 0 Å². The Morgan fingerprint density at radius 2 is 2.21 bits per heavy atom. The van der Waals surface area contributed by atoms with E-state index in [0.717, 1.165) is 17.8 Å². The van der Waals surface area contributed by atoms with Crippen molar-refractivity contribution in [3.05, 3.63) is 48.9 Å². The van der Waals surface area contributed by atoms with Gasteiger partial charge in [0.2, 0.25) is 0 Å². The lowest BCUT2D eigenvalue weighted by Crippen LogP contribution is -2.54. The smallest absolute Gasteiger partial charge is 0.118 e. The van der Waals surface area contributed by atoms with Crippen molar-refractivity contribution in [2.45, 2.75) is 25.4 Å². The van der Waals surface area contributed by atoms with Crippen molar-refractivity contribution in [1.82, 2.24) is 10.2 Å². The molecule has 1 aliphatic carbocycles. The maximum Gasteiger partial charge on any atom is 0.118 e. The highest BCUT2D eigenvalue weighted by Gasteiger charge is 2.39. The number of nitrogens with one attached hydrogen (secondary N) is 1. The van der Waals surface area contributed by atoms with E-state index in [9.17, 15) is 0 Å². The molecule has 0 amide bonds. The minimum absolute atomic E-state index is 0.381. The van der Waals surface area contributed by atoms with Crippen LogP contribution in [0.4, 0.5) is 0 Å². The molecule has 3 heteroatoms. The van der Waals surface area contributed by atoms with Crippen LogP contribution in [-0.2, 0) is 0 Å². The maximum atomic E-state index is 4.63. The molecule has 2 rings (SSSR count). The van der Waals surface area contributed by atoms with E-state index in [0.29, 0.717) is 18.0 Å². The lowest BCUT2D eigenvalue weighted by molar-refractivity contribution is 0.186. The number of fused-ring (bicyclic) bond motifs is 1. The second-order valence-electron chi connectivity index (χ2n) is 5.34. The number of rotatable bonds is 4. The molecule has 3 atom stereocenters. The Hall–Kier alpha value is -1.61. The summed E-state index contributed by atoms with van der Waals surface area (Å²) in [4.78, 5) is 7.03. The van der Waals surface area contributed by atoms with Gasteiger partial charge in [0.05, 0.1) is 0 Å². The minimum atomic E-state index is 0.381. The van der Waals surface area contributed by atoms with E-state index < -0.39 is 0 Å². The highest BCUT2D eigenvalue weighted by Crippen LogP contribution is 2.34. The van der Waals surface area contributed by atoms with Gasteiger partial charge in [-0.15, -0.1) is 0 Å². The van der Waals surface area contributed by atoms with Crippen LogP contribution in [0.5, 0.6) is 0 Å². The van der Waals surface area contributed by atoms with E-state index in [2.05, 4.69) is 59.7 Å². The molecule has 0 aromatic carbocycles. The zero-order valence-corrected chi connectivity index (χ0v) is 12.1. The van der Waals surface area contributed by atoms with Gasteiger partial charge in [-0.25, -0.2) is 4.99 Å². The van der Waals surface area contributed by atoms with Gasteiger partial charge >= 0.3 is 0 Å². The van der Waals surface area contributed by atoms with Crippen molar-refractivity contribution < 1.29 is 0 Å². The van der Waals surface area contributed by atoms with Crippen LogP contribution in [0.15, 0.2) is 53.8 Å². The first kappa shape index (κ1) is 13.8. The van der Waals surface area contributed by atoms with Gasteiger partial charge < -0.3 is 5.32 Å². The maximum absolute atomic E-state index is 4.63. The van der Waals surface area contributed by atoms with Gasteiger partial charge in [-0.1, -0.05) is 43.0 Å². The molecule has 0 radical (unpaired) electrons. The number of piperidine rings is 1. The topological polar surface area (TPSA) is 27.6 Å². The Labute approximate surface area is 116 Å². The second-order valence-corrected chi connectivity index (χ2v) is 5.34. The molecule has 3 nitrogen and oxygen atoms in total. The third-order valence-corrected chi connectivity index (χ3v) is 3.85. The molecular formula is C16H23N3. The number of likely N-dealkylation sites (tertiary alicyclic amines) is 1. The van der Waals surface area contributed by atoms with Gasteiger partial charge in [0.1, 0.15) is 5.82 Å². The molecule has 0 bridgehead atoms. The second kappa shape index (κ2) is 5.57. The largest absolute Gasteiger partial charge is 0.374 e. The molecule has 1 fully saturated rings. The van der Waals surface area contributed by atoms with Crippen molar-refractivity contribution in [2.75, 3.05) is 14.1 Å². The summed E-state index contributed by atoms with van der Waals surface area (Å²) in [6, 6.07) is 0.850. The van der Waals surface area contributed by atoms with E-state index in [1.54, 1.807) is 0 Å². The molecule has 0 aromatic heterocycles. The van der Waals surface area contributed by atoms with Crippen molar-refractivity contribution >= 4 is 5.71 Å². The van der Waals surface area contributed by atoms with E-state index in [-0.39, 0.29) is 0 Å². The standard InChI is InChI=1S/C16H23N3/c1-11(2)6-7-13-10-15(18-12(3)17-4)14-8-9-16(14)19(13)5/h6-9,13-14,16-17H,1,3,10H2,2,4-5H3/b7-6-,18-15?. The average molecular weight is 257 g/mol. The van der Waals surface area contributed by atoms with Crippen LogP contribution in [0, 0.1) is 5.92 Å². The molecule has 1 saturated heterocycles. The van der Waals surface area contributed by atoms with Gasteiger partial charge in [0.25, 0.3) is 0 Å². The summed E-state index contributed by atoms with van der Waals surface area (Å²) >= 11 is 0. The van der Waals surface area contributed by atoms with E-state index >= 15 is 0 Å². The molecule has 102 valence electrons. The van der Waals surface area contributed by atoms with Crippen LogP contribution in [0.3, 0.4) is 0 Å². The summed E-state index contributed by atoms with van der Waals surface area (Å²) in [5, 5.41) is 3.00. The Morgan fingerprint density at radius 3 is 2.74 bits per heavy atom. The number of hydrogen-bond acceptors (Lipinski definition) is 3. The fourth-order valence-corrected chi connectivity index (χ4v) is 2.56. The molecular weight excluding hydrogens is 234 g/mol. The molecule has 0 saturated carbocycles. The molecule has 19 heavy (non-hydrogen) atoms. The Balaban J connectivity index is 2.19. The number of hydrogen-bond donors (Lipinski definition) is 1. The summed E-state index contributed by atoms with van der Waals surface area (Å²) in [6.07, 6.45) is 9.76. The lowest BCUT2D eigenvalue weighted by Gasteiger charge is -2.46. The van der Waals surface area contributed by atoms with Gasteiger partial charge in [-0.3, -0.25) is 4.90 Å². The fourth-order valence-electron chi connectivity index (χ4n) is 2.56. The van der Waals surface area contributed by atoms with Crippen molar-refractivity contribution in [3.63, 3.8) is 0 Å². The molecule has 1 N–H and O–H groups in total. The van der Waals surface area contributed by atoms with E-state index in [1.807, 2.05) is 14.0 Å². The molecule has 1 aliphatic heterocycles. The predicted octanol–water partition coefficient (Wildman–Crippen LogP) is 2.51. The van der Waals surface area contributed by atoms with Crippen LogP contribution in [-0.4, -0.2) is 36.8 Å². The first-order valence-corrected chi connectivity index (χ1v) is 6.71.